The molecule has 3 aliphatic rings. The Balaban J connectivity index is 1.59. The van der Waals surface area contributed by atoms with E-state index in [1.807, 2.05) is 12.1 Å². The monoisotopic (exact) mass is 446 g/mol. The number of hydrogen-bond acceptors (Lipinski definition) is 5. The highest BCUT2D eigenvalue weighted by Crippen LogP contribution is 2.45. The molecule has 1 amide bonds. The fourth-order valence-electron chi connectivity index (χ4n) is 5.53. The van der Waals surface area contributed by atoms with Gasteiger partial charge in [0.15, 0.2) is 0 Å². The smallest absolute Gasteiger partial charge is 0.255 e. The summed E-state index contributed by atoms with van der Waals surface area (Å²) in [6, 6.07) is 6.98. The molecule has 33 heavy (non-hydrogen) atoms. The van der Waals surface area contributed by atoms with Gasteiger partial charge in [-0.1, -0.05) is 6.07 Å². The van der Waals surface area contributed by atoms with Crippen LogP contribution in [0.2, 0.25) is 0 Å². The lowest BCUT2D eigenvalue weighted by atomic mass is 9.74. The predicted molar refractivity (Wildman–Crippen MR) is 127 cm³/mol. The Bertz CT molecular complexity index is 1260. The number of nitrogens with one attached hydrogen (secondary N) is 5. The summed E-state index contributed by atoms with van der Waals surface area (Å²) >= 11 is 0. The highest BCUT2D eigenvalue weighted by molar-refractivity contribution is 6.07. The molecule has 0 aliphatic carbocycles. The lowest BCUT2D eigenvalue weighted by molar-refractivity contribution is 0.0916. The van der Waals surface area contributed by atoms with Crippen molar-refractivity contribution in [3.8, 4) is 11.3 Å². The Labute approximate surface area is 191 Å². The first-order chi connectivity index (χ1) is 16.1. The van der Waals surface area contributed by atoms with E-state index in [0.29, 0.717) is 29.0 Å². The zero-order valence-electron chi connectivity index (χ0n) is 18.6. The molecular weight excluding hydrogens is 419 g/mol. The van der Waals surface area contributed by atoms with E-state index in [0.717, 1.165) is 67.2 Å². The number of anilines is 3. The minimum absolute atomic E-state index is 0.107. The number of amides is 1. The molecular formula is C25H27FN6O. The summed E-state index contributed by atoms with van der Waals surface area (Å²) in [4.78, 5) is 21.4. The van der Waals surface area contributed by atoms with Crippen molar-refractivity contribution in [2.24, 2.45) is 0 Å². The molecule has 5 N–H and O–H groups in total. The van der Waals surface area contributed by atoms with Gasteiger partial charge in [0.2, 0.25) is 0 Å². The number of H-pyrrole nitrogens is 1. The maximum absolute atomic E-state index is 14.4. The van der Waals surface area contributed by atoms with Crippen LogP contribution in [-0.2, 0) is 11.8 Å². The first-order valence-electron chi connectivity index (χ1n) is 11.6. The molecule has 0 saturated carbocycles. The van der Waals surface area contributed by atoms with E-state index in [9.17, 15) is 9.18 Å². The van der Waals surface area contributed by atoms with Gasteiger partial charge in [-0.25, -0.2) is 9.37 Å². The molecule has 0 unspecified atom stereocenters. The molecule has 0 radical (unpaired) electrons. The topological polar surface area (TPSA) is 93.9 Å². The van der Waals surface area contributed by atoms with Crippen LogP contribution in [0.5, 0.6) is 0 Å². The summed E-state index contributed by atoms with van der Waals surface area (Å²) in [5, 5.41) is 13.4. The molecule has 2 aromatic heterocycles. The van der Waals surface area contributed by atoms with Crippen molar-refractivity contribution in [1.82, 2.24) is 20.6 Å². The molecule has 8 heteroatoms. The van der Waals surface area contributed by atoms with Crippen LogP contribution in [0, 0.1) is 12.7 Å². The van der Waals surface area contributed by atoms with Gasteiger partial charge in [0.05, 0.1) is 16.9 Å². The molecule has 1 spiro atoms. The van der Waals surface area contributed by atoms with Crippen LogP contribution >= 0.6 is 0 Å². The zero-order valence-corrected chi connectivity index (χ0v) is 18.6. The average Bonchev–Trinajstić information content (AvgIpc) is 3.46. The van der Waals surface area contributed by atoms with Crippen molar-refractivity contribution >= 4 is 23.1 Å². The summed E-state index contributed by atoms with van der Waals surface area (Å²) < 4.78 is 14.4. The normalized spacial score (nSPS) is 21.3. The number of aromatic amines is 1. The average molecular weight is 447 g/mol. The second kappa shape index (κ2) is 7.59. The number of hydrogen-bond donors (Lipinski definition) is 5. The molecule has 5 heterocycles. The van der Waals surface area contributed by atoms with Crippen LogP contribution in [0.4, 0.5) is 21.6 Å². The largest absolute Gasteiger partial charge is 0.369 e. The van der Waals surface area contributed by atoms with E-state index in [1.54, 1.807) is 19.2 Å². The Kier molecular flexibility index (Phi) is 4.65. The third-order valence-corrected chi connectivity index (χ3v) is 7.34. The third-order valence-electron chi connectivity index (χ3n) is 7.34. The molecule has 1 aromatic carbocycles. The fraction of sp³-hybridized carbons (Fsp3) is 0.360. The van der Waals surface area contributed by atoms with Crippen molar-refractivity contribution < 1.29 is 9.18 Å². The summed E-state index contributed by atoms with van der Waals surface area (Å²) in [7, 11) is 0. The van der Waals surface area contributed by atoms with Crippen molar-refractivity contribution in [1.29, 1.82) is 0 Å². The first kappa shape index (κ1) is 20.2. The third kappa shape index (κ3) is 3.12. The number of nitrogens with zero attached hydrogens (tertiary/aromatic N) is 1. The predicted octanol–water partition coefficient (Wildman–Crippen LogP) is 3.60. The van der Waals surface area contributed by atoms with Crippen LogP contribution in [0.15, 0.2) is 30.5 Å². The number of rotatable bonds is 3. The summed E-state index contributed by atoms with van der Waals surface area (Å²) in [5.41, 5.74) is 6.26. The van der Waals surface area contributed by atoms with Gasteiger partial charge in [-0.05, 0) is 50.9 Å². The quantitative estimate of drug-likeness (QED) is 0.424. The molecule has 3 aliphatic heterocycles. The van der Waals surface area contributed by atoms with Crippen molar-refractivity contribution in [2.75, 3.05) is 36.8 Å². The van der Waals surface area contributed by atoms with E-state index in [-0.39, 0.29) is 17.1 Å². The first-order valence-corrected chi connectivity index (χ1v) is 11.6. The van der Waals surface area contributed by atoms with Crippen LogP contribution in [0.25, 0.3) is 11.3 Å². The second-order valence-electron chi connectivity index (χ2n) is 9.27. The zero-order chi connectivity index (χ0) is 22.6. The van der Waals surface area contributed by atoms with Crippen LogP contribution in [-0.4, -0.2) is 42.1 Å². The Morgan fingerprint density at radius 1 is 1.15 bits per heavy atom. The molecule has 3 aromatic rings. The van der Waals surface area contributed by atoms with Gasteiger partial charge in [-0.2, -0.15) is 0 Å². The lowest BCUT2D eigenvalue weighted by Crippen LogP contribution is -2.54. The lowest BCUT2D eigenvalue weighted by Gasteiger charge is -2.40. The van der Waals surface area contributed by atoms with E-state index >= 15 is 0 Å². The Morgan fingerprint density at radius 2 is 2.06 bits per heavy atom. The van der Waals surface area contributed by atoms with Crippen molar-refractivity contribution in [3.05, 3.63) is 58.7 Å². The van der Waals surface area contributed by atoms with E-state index in [4.69, 9.17) is 0 Å². The van der Waals surface area contributed by atoms with Gasteiger partial charge in [-0.3, -0.25) is 4.79 Å². The van der Waals surface area contributed by atoms with Crippen molar-refractivity contribution in [3.63, 3.8) is 0 Å². The number of aromatic nitrogens is 2. The van der Waals surface area contributed by atoms with Gasteiger partial charge in [-0.15, -0.1) is 0 Å². The van der Waals surface area contributed by atoms with Gasteiger partial charge in [0, 0.05) is 59.3 Å². The van der Waals surface area contributed by atoms with Gasteiger partial charge in [0.1, 0.15) is 11.6 Å². The number of carbonyl (C=O) groups excluding carboxylic acids is 1. The van der Waals surface area contributed by atoms with E-state index in [1.165, 1.54) is 6.07 Å². The van der Waals surface area contributed by atoms with Gasteiger partial charge in [0.25, 0.3) is 5.91 Å². The van der Waals surface area contributed by atoms with E-state index < -0.39 is 0 Å². The molecule has 1 atom stereocenters. The van der Waals surface area contributed by atoms with Gasteiger partial charge >= 0.3 is 0 Å². The second-order valence-corrected chi connectivity index (χ2v) is 9.27. The number of pyridine rings is 1. The summed E-state index contributed by atoms with van der Waals surface area (Å²) in [5.74, 6) is 0.493. The number of fused-ring (bicyclic) bond motifs is 3. The maximum Gasteiger partial charge on any atom is 0.255 e. The Hall–Kier alpha value is -3.39. The standard InChI is InChI=1S/C25H27FN6O/c1-14-17(26)4-2-5-18(14)31-21-19-22(25(13-30-24(19)33)8-3-9-27-12-25)32-20(21)15-6-10-28-23-16(15)7-11-29-23/h2,4-6,10,27,31-32H,3,7-9,11-13H2,1H3,(H,28,29)(H,30,33)/t25-/m1/s1. The van der Waals surface area contributed by atoms with Crippen LogP contribution in [0.1, 0.15) is 40.0 Å². The molecule has 1 saturated heterocycles. The number of halogens is 1. The van der Waals surface area contributed by atoms with Crippen LogP contribution in [0.3, 0.4) is 0 Å². The summed E-state index contributed by atoms with van der Waals surface area (Å²) in [6.07, 6.45) is 4.69. The van der Waals surface area contributed by atoms with Gasteiger partial charge < -0.3 is 26.3 Å². The number of piperidine rings is 1. The van der Waals surface area contributed by atoms with Crippen molar-refractivity contribution in [2.45, 2.75) is 31.6 Å². The molecule has 6 rings (SSSR count). The minimum atomic E-state index is -0.280. The van der Waals surface area contributed by atoms with E-state index in [2.05, 4.69) is 31.2 Å². The highest BCUT2D eigenvalue weighted by atomic mass is 19.1. The highest BCUT2D eigenvalue weighted by Gasteiger charge is 2.44. The fourth-order valence-corrected chi connectivity index (χ4v) is 5.53. The maximum atomic E-state index is 14.4. The SMILES string of the molecule is Cc1c(F)cccc1Nc1c(-c2ccnc3c2CCN3)[nH]c2c1C(=O)NC[C@]21CCCNC1. The molecule has 170 valence electrons. The Morgan fingerprint density at radius 3 is 2.91 bits per heavy atom. The number of benzene rings is 1. The molecule has 7 nitrogen and oxygen atoms in total. The number of carbonyl (C=O) groups is 1. The molecule has 1 fully saturated rings. The molecule has 0 bridgehead atoms. The summed E-state index contributed by atoms with van der Waals surface area (Å²) in [6.45, 7) is 4.96. The minimum Gasteiger partial charge on any atom is -0.369 e. The van der Waals surface area contributed by atoms with Crippen LogP contribution < -0.4 is 21.3 Å².